The summed E-state index contributed by atoms with van der Waals surface area (Å²) in [6.07, 6.45) is 1.85. The molecule has 88 valence electrons. The van der Waals surface area contributed by atoms with E-state index in [-0.39, 0.29) is 0 Å². The van der Waals surface area contributed by atoms with Crippen LogP contribution in [0.4, 0.5) is 0 Å². The van der Waals surface area contributed by atoms with Gasteiger partial charge in [-0.05, 0) is 36.6 Å². The van der Waals surface area contributed by atoms with Crippen LogP contribution < -0.4 is 0 Å². The van der Waals surface area contributed by atoms with E-state index in [1.165, 1.54) is 11.1 Å². The molecule has 0 fully saturated rings. The van der Waals surface area contributed by atoms with Crippen LogP contribution in [0.3, 0.4) is 0 Å². The van der Waals surface area contributed by atoms with Crippen LogP contribution in [0.5, 0.6) is 0 Å². The standard InChI is InChI=1S/C14H15NO2/c1-9-5-4-6-12(10(9)2)11-7-13(14(16)17)15(3)8-11/h4-8H,1-3H3,(H,16,17). The topological polar surface area (TPSA) is 42.2 Å². The number of nitrogens with zero attached hydrogens (tertiary/aromatic N) is 1. The molecule has 0 saturated carbocycles. The maximum Gasteiger partial charge on any atom is 0.352 e. The fourth-order valence-electron chi connectivity index (χ4n) is 1.99. The zero-order valence-corrected chi connectivity index (χ0v) is 10.2. The molecule has 0 aliphatic heterocycles. The SMILES string of the molecule is Cc1cccc(-c2cc(C(=O)O)n(C)c2)c1C. The lowest BCUT2D eigenvalue weighted by Gasteiger charge is -2.06. The van der Waals surface area contributed by atoms with Crippen molar-refractivity contribution < 1.29 is 9.90 Å². The second-order valence-corrected chi connectivity index (χ2v) is 4.28. The van der Waals surface area contributed by atoms with Crippen molar-refractivity contribution in [1.82, 2.24) is 4.57 Å². The summed E-state index contributed by atoms with van der Waals surface area (Å²) >= 11 is 0. The van der Waals surface area contributed by atoms with Crippen molar-refractivity contribution in [2.75, 3.05) is 0 Å². The third-order valence-electron chi connectivity index (χ3n) is 3.14. The molecule has 0 atom stereocenters. The quantitative estimate of drug-likeness (QED) is 0.860. The molecule has 1 aromatic carbocycles. The van der Waals surface area contributed by atoms with Gasteiger partial charge in [-0.3, -0.25) is 0 Å². The van der Waals surface area contributed by atoms with E-state index < -0.39 is 5.97 Å². The summed E-state index contributed by atoms with van der Waals surface area (Å²) in [5.74, 6) is -0.899. The molecule has 0 saturated heterocycles. The van der Waals surface area contributed by atoms with Gasteiger partial charge in [-0.25, -0.2) is 4.79 Å². The molecule has 2 aromatic rings. The molecule has 3 nitrogen and oxygen atoms in total. The highest BCUT2D eigenvalue weighted by Gasteiger charge is 2.12. The van der Waals surface area contributed by atoms with Crippen LogP contribution in [0.2, 0.25) is 0 Å². The Bertz CT molecular complexity index is 582. The first-order valence-corrected chi connectivity index (χ1v) is 5.47. The van der Waals surface area contributed by atoms with E-state index in [0.717, 1.165) is 11.1 Å². The highest BCUT2D eigenvalue weighted by atomic mass is 16.4. The minimum absolute atomic E-state index is 0.306. The Morgan fingerprint density at radius 1 is 1.29 bits per heavy atom. The molecule has 0 radical (unpaired) electrons. The van der Waals surface area contributed by atoms with Crippen molar-refractivity contribution in [3.8, 4) is 11.1 Å². The predicted molar refractivity (Wildman–Crippen MR) is 67.3 cm³/mol. The second-order valence-electron chi connectivity index (χ2n) is 4.28. The van der Waals surface area contributed by atoms with Gasteiger partial charge in [0.15, 0.2) is 0 Å². The lowest BCUT2D eigenvalue weighted by atomic mass is 9.99. The van der Waals surface area contributed by atoms with E-state index in [1.807, 2.05) is 18.3 Å². The molecule has 1 heterocycles. The Balaban J connectivity index is 2.58. The minimum atomic E-state index is -0.899. The van der Waals surface area contributed by atoms with Gasteiger partial charge in [-0.2, -0.15) is 0 Å². The molecule has 3 heteroatoms. The molecule has 0 aliphatic carbocycles. The van der Waals surface area contributed by atoms with E-state index >= 15 is 0 Å². The minimum Gasteiger partial charge on any atom is -0.477 e. The van der Waals surface area contributed by atoms with Crippen LogP contribution >= 0.6 is 0 Å². The van der Waals surface area contributed by atoms with E-state index in [9.17, 15) is 4.79 Å². The summed E-state index contributed by atoms with van der Waals surface area (Å²) in [6.45, 7) is 4.11. The third kappa shape index (κ3) is 1.96. The summed E-state index contributed by atoms with van der Waals surface area (Å²) < 4.78 is 1.64. The number of carbonyl (C=O) groups is 1. The summed E-state index contributed by atoms with van der Waals surface area (Å²) in [5.41, 5.74) is 4.75. The van der Waals surface area contributed by atoms with Crippen molar-refractivity contribution in [3.63, 3.8) is 0 Å². The molecular formula is C14H15NO2. The van der Waals surface area contributed by atoms with E-state index in [1.54, 1.807) is 17.7 Å². The van der Waals surface area contributed by atoms with E-state index in [0.29, 0.717) is 5.69 Å². The first-order chi connectivity index (χ1) is 8.00. The Labute approximate surface area is 100 Å². The zero-order valence-electron chi connectivity index (χ0n) is 10.2. The Kier molecular flexibility index (Phi) is 2.76. The number of hydrogen-bond acceptors (Lipinski definition) is 1. The number of benzene rings is 1. The van der Waals surface area contributed by atoms with Crippen LogP contribution in [-0.2, 0) is 7.05 Å². The van der Waals surface area contributed by atoms with Crippen LogP contribution in [-0.4, -0.2) is 15.6 Å². The van der Waals surface area contributed by atoms with Crippen molar-refractivity contribution in [1.29, 1.82) is 0 Å². The molecule has 0 amide bonds. The first-order valence-electron chi connectivity index (χ1n) is 5.47. The smallest absolute Gasteiger partial charge is 0.352 e. The number of aromatic nitrogens is 1. The average molecular weight is 229 g/mol. The lowest BCUT2D eigenvalue weighted by Crippen LogP contribution is -2.02. The number of carboxylic acids is 1. The maximum atomic E-state index is 11.0. The van der Waals surface area contributed by atoms with Crippen LogP contribution in [0.25, 0.3) is 11.1 Å². The second kappa shape index (κ2) is 4.09. The number of hydrogen-bond donors (Lipinski definition) is 1. The monoisotopic (exact) mass is 229 g/mol. The molecule has 0 aliphatic rings. The highest BCUT2D eigenvalue weighted by Crippen LogP contribution is 2.26. The fourth-order valence-corrected chi connectivity index (χ4v) is 1.99. The van der Waals surface area contributed by atoms with Gasteiger partial charge in [0.25, 0.3) is 0 Å². The van der Waals surface area contributed by atoms with Gasteiger partial charge in [0.2, 0.25) is 0 Å². The van der Waals surface area contributed by atoms with Crippen LogP contribution in [0.15, 0.2) is 30.5 Å². The van der Waals surface area contributed by atoms with Crippen LogP contribution in [0.1, 0.15) is 21.6 Å². The zero-order chi connectivity index (χ0) is 12.6. The number of rotatable bonds is 2. The van der Waals surface area contributed by atoms with Crippen molar-refractivity contribution in [3.05, 3.63) is 47.3 Å². The summed E-state index contributed by atoms with van der Waals surface area (Å²) in [7, 11) is 1.75. The summed E-state index contributed by atoms with van der Waals surface area (Å²) in [5, 5.41) is 9.03. The van der Waals surface area contributed by atoms with Gasteiger partial charge < -0.3 is 9.67 Å². The van der Waals surface area contributed by atoms with Gasteiger partial charge in [0, 0.05) is 18.8 Å². The fraction of sp³-hybridized carbons (Fsp3) is 0.214. The number of aryl methyl sites for hydroxylation is 2. The van der Waals surface area contributed by atoms with Gasteiger partial charge in [-0.15, -0.1) is 0 Å². The third-order valence-corrected chi connectivity index (χ3v) is 3.14. The molecule has 0 unspecified atom stereocenters. The van der Waals surface area contributed by atoms with E-state index in [4.69, 9.17) is 5.11 Å². The van der Waals surface area contributed by atoms with Crippen molar-refractivity contribution >= 4 is 5.97 Å². The number of aromatic carboxylic acids is 1. The molecule has 1 aromatic heterocycles. The summed E-state index contributed by atoms with van der Waals surface area (Å²) in [4.78, 5) is 11.0. The van der Waals surface area contributed by atoms with Crippen molar-refractivity contribution in [2.45, 2.75) is 13.8 Å². The summed E-state index contributed by atoms with van der Waals surface area (Å²) in [6, 6.07) is 7.78. The Hall–Kier alpha value is -2.03. The van der Waals surface area contributed by atoms with Crippen LogP contribution in [0, 0.1) is 13.8 Å². The molecule has 1 N–H and O–H groups in total. The lowest BCUT2D eigenvalue weighted by molar-refractivity contribution is 0.0686. The highest BCUT2D eigenvalue weighted by molar-refractivity contribution is 5.88. The van der Waals surface area contributed by atoms with Gasteiger partial charge in [0.05, 0.1) is 0 Å². The van der Waals surface area contributed by atoms with E-state index in [2.05, 4.69) is 19.9 Å². The Morgan fingerprint density at radius 3 is 2.59 bits per heavy atom. The van der Waals surface area contributed by atoms with Gasteiger partial charge in [0.1, 0.15) is 5.69 Å². The maximum absolute atomic E-state index is 11.0. The normalized spacial score (nSPS) is 10.5. The molecular weight excluding hydrogens is 214 g/mol. The molecule has 0 spiro atoms. The van der Waals surface area contributed by atoms with Gasteiger partial charge >= 0.3 is 5.97 Å². The number of carboxylic acid groups (broad SMARTS) is 1. The van der Waals surface area contributed by atoms with Gasteiger partial charge in [-0.1, -0.05) is 18.2 Å². The van der Waals surface area contributed by atoms with Crippen molar-refractivity contribution in [2.24, 2.45) is 7.05 Å². The first kappa shape index (κ1) is 11.5. The molecule has 2 rings (SSSR count). The molecule has 0 bridgehead atoms. The molecule has 17 heavy (non-hydrogen) atoms. The Morgan fingerprint density at radius 2 is 2.00 bits per heavy atom. The predicted octanol–water partition coefficient (Wildman–Crippen LogP) is 3.01. The average Bonchev–Trinajstić information content (AvgIpc) is 2.64. The largest absolute Gasteiger partial charge is 0.477 e.